The third-order valence-electron chi connectivity index (χ3n) is 4.80. The van der Waals surface area contributed by atoms with Crippen molar-refractivity contribution >= 4 is 5.96 Å². The van der Waals surface area contributed by atoms with Gasteiger partial charge in [-0.1, -0.05) is 36.4 Å². The highest BCUT2D eigenvalue weighted by Crippen LogP contribution is 2.30. The predicted molar refractivity (Wildman–Crippen MR) is 116 cm³/mol. The quantitative estimate of drug-likeness (QED) is 0.346. The number of rotatable bonds is 11. The van der Waals surface area contributed by atoms with Gasteiger partial charge in [-0.2, -0.15) is 0 Å². The summed E-state index contributed by atoms with van der Waals surface area (Å²) in [5.74, 6) is 3.27. The summed E-state index contributed by atoms with van der Waals surface area (Å²) in [7, 11) is 3.44. The molecule has 1 fully saturated rings. The van der Waals surface area contributed by atoms with Gasteiger partial charge in [0, 0.05) is 31.3 Å². The van der Waals surface area contributed by atoms with E-state index in [-0.39, 0.29) is 0 Å². The van der Waals surface area contributed by atoms with E-state index in [0.29, 0.717) is 26.3 Å². The van der Waals surface area contributed by atoms with E-state index in [1.165, 1.54) is 12.8 Å². The van der Waals surface area contributed by atoms with Gasteiger partial charge in [-0.05, 0) is 30.9 Å². The monoisotopic (exact) mass is 397 g/mol. The first-order valence-electron chi connectivity index (χ1n) is 10.1. The largest absolute Gasteiger partial charge is 0.496 e. The van der Waals surface area contributed by atoms with Gasteiger partial charge in [0.1, 0.15) is 11.5 Å². The molecule has 0 unspecified atom stereocenters. The third-order valence-corrected chi connectivity index (χ3v) is 4.80. The number of methoxy groups -OCH3 is 1. The molecule has 2 N–H and O–H groups in total. The molecule has 2 aromatic rings. The van der Waals surface area contributed by atoms with Crippen molar-refractivity contribution in [2.24, 2.45) is 10.9 Å². The molecule has 29 heavy (non-hydrogen) atoms. The zero-order valence-corrected chi connectivity index (χ0v) is 17.3. The molecule has 0 heterocycles. The Labute approximate surface area is 173 Å². The number of nitrogens with zero attached hydrogens (tertiary/aromatic N) is 1. The van der Waals surface area contributed by atoms with Crippen LogP contribution >= 0.6 is 0 Å². The van der Waals surface area contributed by atoms with Crippen molar-refractivity contribution in [3.05, 3.63) is 59.7 Å². The molecule has 1 aliphatic carbocycles. The highest BCUT2D eigenvalue weighted by Gasteiger charge is 2.22. The number of guanidine groups is 1. The van der Waals surface area contributed by atoms with Crippen molar-refractivity contribution in [2.45, 2.75) is 26.0 Å². The predicted octanol–water partition coefficient (Wildman–Crippen LogP) is 3.37. The molecule has 0 spiro atoms. The lowest BCUT2D eigenvalue weighted by molar-refractivity contribution is 0.123. The molecular formula is C23H31N3O3. The van der Waals surface area contributed by atoms with Crippen LogP contribution in [0.3, 0.4) is 0 Å². The lowest BCUT2D eigenvalue weighted by atomic mass is 10.2. The number of hydrogen-bond acceptors (Lipinski definition) is 4. The van der Waals surface area contributed by atoms with Crippen molar-refractivity contribution in [1.82, 2.24) is 10.6 Å². The molecule has 0 amide bonds. The Balaban J connectivity index is 1.37. The average Bonchev–Trinajstić information content (AvgIpc) is 3.59. The Morgan fingerprint density at radius 3 is 2.45 bits per heavy atom. The van der Waals surface area contributed by atoms with E-state index in [1.807, 2.05) is 42.5 Å². The molecule has 0 saturated heterocycles. The fraction of sp³-hybridized carbons (Fsp3) is 0.435. The second kappa shape index (κ2) is 11.3. The molecule has 1 saturated carbocycles. The van der Waals surface area contributed by atoms with Crippen molar-refractivity contribution in [2.75, 3.05) is 33.9 Å². The summed E-state index contributed by atoms with van der Waals surface area (Å²) >= 11 is 0. The fourth-order valence-electron chi connectivity index (χ4n) is 2.93. The van der Waals surface area contributed by atoms with Crippen LogP contribution in [0.4, 0.5) is 0 Å². The maximum Gasteiger partial charge on any atom is 0.191 e. The lowest BCUT2D eigenvalue weighted by Crippen LogP contribution is -2.38. The molecule has 2 aromatic carbocycles. The van der Waals surface area contributed by atoms with Crippen molar-refractivity contribution in [1.29, 1.82) is 0 Å². The van der Waals surface area contributed by atoms with Crippen molar-refractivity contribution in [3.63, 3.8) is 0 Å². The van der Waals surface area contributed by atoms with E-state index in [2.05, 4.69) is 21.7 Å². The van der Waals surface area contributed by atoms with Crippen LogP contribution in [0, 0.1) is 5.92 Å². The first kappa shape index (κ1) is 21.0. The molecule has 156 valence electrons. The van der Waals surface area contributed by atoms with Crippen LogP contribution in [0.15, 0.2) is 53.5 Å². The van der Waals surface area contributed by atoms with Gasteiger partial charge in [0.15, 0.2) is 5.96 Å². The van der Waals surface area contributed by atoms with Crippen LogP contribution in [0.5, 0.6) is 11.5 Å². The minimum atomic E-state index is 0.517. The molecular weight excluding hydrogens is 366 g/mol. The molecule has 6 nitrogen and oxygen atoms in total. The van der Waals surface area contributed by atoms with Gasteiger partial charge >= 0.3 is 0 Å². The van der Waals surface area contributed by atoms with Crippen LogP contribution in [0.1, 0.15) is 24.0 Å². The van der Waals surface area contributed by atoms with Crippen molar-refractivity contribution < 1.29 is 14.2 Å². The normalized spacial score (nSPS) is 13.8. The zero-order valence-electron chi connectivity index (χ0n) is 17.3. The summed E-state index contributed by atoms with van der Waals surface area (Å²) in [6, 6.07) is 16.0. The SMILES string of the molecule is CN=C(NCCOCc1ccccc1OC)NCc1ccccc1OCC1CC1. The van der Waals surface area contributed by atoms with Crippen LogP contribution in [-0.2, 0) is 17.9 Å². The number of ether oxygens (including phenoxy) is 3. The number of hydrogen-bond donors (Lipinski definition) is 2. The van der Waals surface area contributed by atoms with E-state index in [0.717, 1.165) is 41.1 Å². The maximum atomic E-state index is 5.97. The average molecular weight is 398 g/mol. The highest BCUT2D eigenvalue weighted by atomic mass is 16.5. The molecule has 0 bridgehead atoms. The number of aliphatic imine (C=N–C) groups is 1. The van der Waals surface area contributed by atoms with Gasteiger partial charge in [0.25, 0.3) is 0 Å². The molecule has 3 rings (SSSR count). The van der Waals surface area contributed by atoms with E-state index in [9.17, 15) is 0 Å². The van der Waals surface area contributed by atoms with Gasteiger partial charge in [-0.3, -0.25) is 4.99 Å². The maximum absolute atomic E-state index is 5.97. The Bertz CT molecular complexity index is 790. The van der Waals surface area contributed by atoms with E-state index in [4.69, 9.17) is 14.2 Å². The minimum Gasteiger partial charge on any atom is -0.496 e. The Morgan fingerprint density at radius 1 is 1.00 bits per heavy atom. The van der Waals surface area contributed by atoms with Gasteiger partial charge in [0.2, 0.25) is 0 Å². The number of nitrogens with one attached hydrogen (secondary N) is 2. The minimum absolute atomic E-state index is 0.517. The lowest BCUT2D eigenvalue weighted by Gasteiger charge is -2.15. The van der Waals surface area contributed by atoms with Crippen LogP contribution in [0.2, 0.25) is 0 Å². The molecule has 1 aliphatic rings. The molecule has 0 radical (unpaired) electrons. The number of para-hydroxylation sites is 2. The smallest absolute Gasteiger partial charge is 0.191 e. The molecule has 0 aliphatic heterocycles. The third kappa shape index (κ3) is 6.98. The summed E-state index contributed by atoms with van der Waals surface area (Å²) in [4.78, 5) is 4.28. The van der Waals surface area contributed by atoms with E-state index in [1.54, 1.807) is 14.2 Å². The Kier molecular flexibility index (Phi) is 8.19. The first-order chi connectivity index (χ1) is 14.3. The Morgan fingerprint density at radius 2 is 1.72 bits per heavy atom. The first-order valence-corrected chi connectivity index (χ1v) is 10.1. The topological polar surface area (TPSA) is 64.1 Å². The number of benzene rings is 2. The summed E-state index contributed by atoms with van der Waals surface area (Å²) in [6.07, 6.45) is 2.58. The summed E-state index contributed by atoms with van der Waals surface area (Å²) < 4.78 is 17.1. The van der Waals surface area contributed by atoms with Gasteiger partial charge < -0.3 is 24.8 Å². The summed E-state index contributed by atoms with van der Waals surface area (Å²) in [5.41, 5.74) is 2.17. The van der Waals surface area contributed by atoms with Gasteiger partial charge in [0.05, 0.1) is 26.9 Å². The Hall–Kier alpha value is -2.73. The van der Waals surface area contributed by atoms with Gasteiger partial charge in [-0.15, -0.1) is 0 Å². The second-order valence-corrected chi connectivity index (χ2v) is 7.08. The van der Waals surface area contributed by atoms with Crippen LogP contribution in [-0.4, -0.2) is 39.9 Å². The van der Waals surface area contributed by atoms with Crippen LogP contribution < -0.4 is 20.1 Å². The molecule has 0 aromatic heterocycles. The standard InChI is InChI=1S/C23H31N3O3/c1-24-23(25-13-14-28-17-20-8-4-5-9-21(20)27-2)26-15-19-7-3-6-10-22(19)29-16-18-11-12-18/h3-10,18H,11-17H2,1-2H3,(H2,24,25,26). The summed E-state index contributed by atoms with van der Waals surface area (Å²) in [6.45, 7) is 3.22. The highest BCUT2D eigenvalue weighted by molar-refractivity contribution is 5.79. The van der Waals surface area contributed by atoms with Crippen molar-refractivity contribution in [3.8, 4) is 11.5 Å². The zero-order chi connectivity index (χ0) is 20.3. The van der Waals surface area contributed by atoms with E-state index >= 15 is 0 Å². The fourth-order valence-corrected chi connectivity index (χ4v) is 2.93. The van der Waals surface area contributed by atoms with E-state index < -0.39 is 0 Å². The van der Waals surface area contributed by atoms with Gasteiger partial charge in [-0.25, -0.2) is 0 Å². The van der Waals surface area contributed by atoms with Crippen LogP contribution in [0.25, 0.3) is 0 Å². The molecule has 0 atom stereocenters. The summed E-state index contributed by atoms with van der Waals surface area (Å²) in [5, 5.41) is 6.62. The molecule has 6 heteroatoms. The second-order valence-electron chi connectivity index (χ2n) is 7.08.